The Morgan fingerprint density at radius 2 is 2.12 bits per heavy atom. The van der Waals surface area contributed by atoms with Gasteiger partial charge in [-0.05, 0) is 37.5 Å². The zero-order valence-electron chi connectivity index (χ0n) is 9.31. The third-order valence-electron chi connectivity index (χ3n) is 3.31. The number of carbonyl (C=O) groups is 1. The third kappa shape index (κ3) is 1.69. The maximum atomic E-state index is 12.3. The van der Waals surface area contributed by atoms with Gasteiger partial charge >= 0.3 is 0 Å². The van der Waals surface area contributed by atoms with Crippen molar-refractivity contribution in [2.75, 3.05) is 0 Å². The highest BCUT2D eigenvalue weighted by molar-refractivity contribution is 9.26. The van der Waals surface area contributed by atoms with Crippen LogP contribution in [0, 0.1) is 6.92 Å². The van der Waals surface area contributed by atoms with Crippen molar-refractivity contribution in [1.82, 2.24) is 4.98 Å². The number of ketones is 1. The summed E-state index contributed by atoms with van der Waals surface area (Å²) in [5, 5.41) is 1.18. The standard InChI is InChI=1S/C13H11Br2NO/c1-7-2-3-10-9(6-7)8-4-5-13(14,15)12(17)11(8)16-10/h2-3,6,16H,4-5H2,1H3. The van der Waals surface area contributed by atoms with Crippen molar-refractivity contribution in [1.29, 1.82) is 0 Å². The quantitative estimate of drug-likeness (QED) is 0.708. The highest BCUT2D eigenvalue weighted by atomic mass is 79.9. The number of aryl methyl sites for hydroxylation is 2. The Balaban J connectivity index is 2.29. The van der Waals surface area contributed by atoms with Crippen LogP contribution in [0.5, 0.6) is 0 Å². The van der Waals surface area contributed by atoms with Crippen molar-refractivity contribution >= 4 is 48.5 Å². The number of H-pyrrole nitrogens is 1. The molecule has 1 N–H and O–H groups in total. The van der Waals surface area contributed by atoms with Crippen LogP contribution < -0.4 is 0 Å². The Bertz CT molecular complexity index is 628. The molecule has 88 valence electrons. The number of halogens is 2. The zero-order chi connectivity index (χ0) is 12.2. The van der Waals surface area contributed by atoms with Crippen LogP contribution in [0.15, 0.2) is 18.2 Å². The Morgan fingerprint density at radius 1 is 1.35 bits per heavy atom. The maximum absolute atomic E-state index is 12.3. The minimum absolute atomic E-state index is 0.0904. The number of aromatic amines is 1. The van der Waals surface area contributed by atoms with E-state index in [1.165, 1.54) is 10.9 Å². The summed E-state index contributed by atoms with van der Waals surface area (Å²) in [5.41, 5.74) is 4.17. The number of carbonyl (C=O) groups excluding carboxylic acids is 1. The average molecular weight is 357 g/mol. The first kappa shape index (κ1) is 11.5. The minimum Gasteiger partial charge on any atom is -0.352 e. The van der Waals surface area contributed by atoms with Crippen LogP contribution in [0.25, 0.3) is 10.9 Å². The zero-order valence-corrected chi connectivity index (χ0v) is 12.5. The molecule has 0 aliphatic heterocycles. The van der Waals surface area contributed by atoms with Crippen molar-refractivity contribution in [3.8, 4) is 0 Å². The molecule has 1 aliphatic carbocycles. The van der Waals surface area contributed by atoms with Crippen LogP contribution >= 0.6 is 31.9 Å². The predicted molar refractivity (Wildman–Crippen MR) is 76.3 cm³/mol. The van der Waals surface area contributed by atoms with Crippen LogP contribution in [0.4, 0.5) is 0 Å². The number of Topliss-reactive ketones (excluding diaryl/α,β-unsaturated/α-hetero) is 1. The van der Waals surface area contributed by atoms with Crippen molar-refractivity contribution < 1.29 is 4.79 Å². The predicted octanol–water partition coefficient (Wildman–Crippen LogP) is 4.09. The lowest BCUT2D eigenvalue weighted by Crippen LogP contribution is -2.30. The summed E-state index contributed by atoms with van der Waals surface area (Å²) in [6.07, 6.45) is 1.68. The van der Waals surface area contributed by atoms with Crippen molar-refractivity contribution in [3.05, 3.63) is 35.0 Å². The number of hydrogen-bond acceptors (Lipinski definition) is 1. The lowest BCUT2D eigenvalue weighted by molar-refractivity contribution is 0.0968. The SMILES string of the molecule is Cc1ccc2[nH]c3c(c2c1)CCC(Br)(Br)C3=O. The number of benzene rings is 1. The molecule has 0 amide bonds. The monoisotopic (exact) mass is 355 g/mol. The van der Waals surface area contributed by atoms with E-state index in [2.05, 4.69) is 55.9 Å². The Morgan fingerprint density at radius 3 is 2.88 bits per heavy atom. The Labute approximate surface area is 116 Å². The molecule has 17 heavy (non-hydrogen) atoms. The van der Waals surface area contributed by atoms with Gasteiger partial charge in [0.1, 0.15) is 3.23 Å². The van der Waals surface area contributed by atoms with Gasteiger partial charge in [0, 0.05) is 10.9 Å². The van der Waals surface area contributed by atoms with E-state index in [-0.39, 0.29) is 5.78 Å². The largest absolute Gasteiger partial charge is 0.352 e. The van der Waals surface area contributed by atoms with Gasteiger partial charge in [-0.25, -0.2) is 0 Å². The van der Waals surface area contributed by atoms with E-state index in [0.29, 0.717) is 0 Å². The molecule has 1 aromatic heterocycles. The van der Waals surface area contributed by atoms with Crippen molar-refractivity contribution in [2.45, 2.75) is 23.0 Å². The van der Waals surface area contributed by atoms with E-state index in [9.17, 15) is 4.79 Å². The molecule has 1 aliphatic rings. The Hall–Kier alpha value is -0.610. The highest BCUT2D eigenvalue weighted by Gasteiger charge is 2.39. The second-order valence-electron chi connectivity index (χ2n) is 4.56. The van der Waals surface area contributed by atoms with E-state index in [1.807, 2.05) is 6.07 Å². The molecule has 3 rings (SSSR count). The van der Waals surface area contributed by atoms with Gasteiger partial charge in [0.05, 0.1) is 5.69 Å². The number of fused-ring (bicyclic) bond motifs is 3. The van der Waals surface area contributed by atoms with Crippen LogP contribution in [0.1, 0.15) is 28.0 Å². The summed E-state index contributed by atoms with van der Waals surface area (Å²) >= 11 is 6.89. The van der Waals surface area contributed by atoms with Gasteiger partial charge in [0.15, 0.2) is 0 Å². The topological polar surface area (TPSA) is 32.9 Å². The van der Waals surface area contributed by atoms with Crippen LogP contribution in [0.3, 0.4) is 0 Å². The molecular formula is C13H11Br2NO. The number of nitrogens with one attached hydrogen (secondary N) is 1. The van der Waals surface area contributed by atoms with Crippen LogP contribution in [-0.4, -0.2) is 14.0 Å². The maximum Gasteiger partial charge on any atom is 0.206 e. The van der Waals surface area contributed by atoms with Crippen LogP contribution in [-0.2, 0) is 6.42 Å². The molecule has 0 fully saturated rings. The van der Waals surface area contributed by atoms with Crippen molar-refractivity contribution in [2.24, 2.45) is 0 Å². The lowest BCUT2D eigenvalue weighted by Gasteiger charge is -2.23. The first-order valence-corrected chi connectivity index (χ1v) is 7.11. The molecule has 0 saturated heterocycles. The van der Waals surface area contributed by atoms with E-state index in [1.54, 1.807) is 0 Å². The van der Waals surface area contributed by atoms with E-state index in [0.717, 1.165) is 29.6 Å². The van der Waals surface area contributed by atoms with Gasteiger partial charge in [0.2, 0.25) is 5.78 Å². The third-order valence-corrected chi connectivity index (χ3v) is 4.82. The summed E-state index contributed by atoms with van der Waals surface area (Å²) in [6, 6.07) is 6.25. The van der Waals surface area contributed by atoms with Gasteiger partial charge in [-0.1, -0.05) is 43.5 Å². The molecule has 2 aromatic rings. The molecule has 0 spiro atoms. The highest BCUT2D eigenvalue weighted by Crippen LogP contribution is 2.42. The molecule has 4 heteroatoms. The fourth-order valence-electron chi connectivity index (χ4n) is 2.39. The molecule has 2 nitrogen and oxygen atoms in total. The van der Waals surface area contributed by atoms with Gasteiger partial charge in [-0.3, -0.25) is 4.79 Å². The molecule has 1 aromatic carbocycles. The number of alkyl halides is 2. The molecule has 0 radical (unpaired) electrons. The number of aromatic nitrogens is 1. The number of rotatable bonds is 0. The van der Waals surface area contributed by atoms with E-state index >= 15 is 0 Å². The second-order valence-corrected chi connectivity index (χ2v) is 8.33. The molecule has 0 saturated carbocycles. The molecular weight excluding hydrogens is 346 g/mol. The fraction of sp³-hybridized carbons (Fsp3) is 0.308. The first-order chi connectivity index (χ1) is 7.99. The summed E-state index contributed by atoms with van der Waals surface area (Å²) in [5.74, 6) is 0.0904. The fourth-order valence-corrected chi connectivity index (χ4v) is 3.19. The van der Waals surface area contributed by atoms with Gasteiger partial charge < -0.3 is 4.98 Å². The summed E-state index contributed by atoms with van der Waals surface area (Å²) in [6.45, 7) is 2.07. The van der Waals surface area contributed by atoms with Gasteiger partial charge in [-0.15, -0.1) is 0 Å². The Kier molecular flexibility index (Phi) is 2.49. The summed E-state index contributed by atoms with van der Waals surface area (Å²) in [7, 11) is 0. The normalized spacial score (nSPS) is 18.4. The van der Waals surface area contributed by atoms with E-state index < -0.39 is 3.23 Å². The van der Waals surface area contributed by atoms with E-state index in [4.69, 9.17) is 0 Å². The summed E-state index contributed by atoms with van der Waals surface area (Å²) < 4.78 is -0.594. The van der Waals surface area contributed by atoms with Gasteiger partial charge in [-0.2, -0.15) is 0 Å². The molecule has 0 bridgehead atoms. The minimum atomic E-state index is -0.594. The summed E-state index contributed by atoms with van der Waals surface area (Å²) in [4.78, 5) is 15.5. The smallest absolute Gasteiger partial charge is 0.206 e. The average Bonchev–Trinajstić information content (AvgIpc) is 2.62. The first-order valence-electron chi connectivity index (χ1n) is 5.53. The van der Waals surface area contributed by atoms with Gasteiger partial charge in [0.25, 0.3) is 0 Å². The number of hydrogen-bond donors (Lipinski definition) is 1. The molecule has 1 heterocycles. The van der Waals surface area contributed by atoms with Crippen molar-refractivity contribution in [3.63, 3.8) is 0 Å². The van der Waals surface area contributed by atoms with Crippen LogP contribution in [0.2, 0.25) is 0 Å². The molecule has 0 atom stereocenters. The molecule has 0 unspecified atom stereocenters. The lowest BCUT2D eigenvalue weighted by atomic mass is 9.94. The second kappa shape index (κ2) is 3.69.